The van der Waals surface area contributed by atoms with Gasteiger partial charge >= 0.3 is 6.09 Å². The molecule has 1 heterocycles. The zero-order valence-corrected chi connectivity index (χ0v) is 13.2. The Labute approximate surface area is 143 Å². The number of nitrogens with one attached hydrogen (secondary N) is 1. The van der Waals surface area contributed by atoms with Gasteiger partial charge in [0.15, 0.2) is 0 Å². The molecule has 0 atom stereocenters. The predicted molar refractivity (Wildman–Crippen MR) is 89.2 cm³/mol. The van der Waals surface area contributed by atoms with Gasteiger partial charge in [0.1, 0.15) is 0 Å². The molecule has 1 aliphatic heterocycles. The molecule has 1 N–H and O–H groups in total. The Hall–Kier alpha value is -3.48. The van der Waals surface area contributed by atoms with E-state index in [0.717, 1.165) is 11.1 Å². The molecule has 7 heteroatoms. The lowest BCUT2D eigenvalue weighted by Crippen LogP contribution is -2.35. The maximum atomic E-state index is 11.9. The quantitative estimate of drug-likeness (QED) is 0.526. The topological polar surface area (TPSA) is 88.1 Å². The molecule has 0 aliphatic carbocycles. The third-order valence-corrected chi connectivity index (χ3v) is 3.53. The van der Waals surface area contributed by atoms with Gasteiger partial charge in [-0.15, -0.1) is 5.06 Å². The van der Waals surface area contributed by atoms with Crippen molar-refractivity contribution in [2.24, 2.45) is 5.10 Å². The number of rotatable bonds is 4. The summed E-state index contributed by atoms with van der Waals surface area (Å²) in [5, 5.41) is 4.57. The highest BCUT2D eigenvalue weighted by Gasteiger charge is 2.32. The maximum Gasteiger partial charge on any atom is 0.452 e. The van der Waals surface area contributed by atoms with E-state index in [-0.39, 0.29) is 12.8 Å². The van der Waals surface area contributed by atoms with Crippen molar-refractivity contribution in [1.82, 2.24) is 10.5 Å². The molecular formula is C18H15N3O4. The van der Waals surface area contributed by atoms with Gasteiger partial charge in [-0.1, -0.05) is 60.7 Å². The van der Waals surface area contributed by atoms with Gasteiger partial charge in [-0.3, -0.25) is 9.59 Å². The summed E-state index contributed by atoms with van der Waals surface area (Å²) in [6.45, 7) is 0. The van der Waals surface area contributed by atoms with E-state index < -0.39 is 17.9 Å². The van der Waals surface area contributed by atoms with Crippen molar-refractivity contribution in [1.29, 1.82) is 0 Å². The fourth-order valence-corrected chi connectivity index (χ4v) is 2.35. The summed E-state index contributed by atoms with van der Waals surface area (Å²) in [7, 11) is 0. The van der Waals surface area contributed by atoms with Crippen LogP contribution < -0.4 is 5.43 Å². The van der Waals surface area contributed by atoms with Gasteiger partial charge in [0, 0.05) is 24.0 Å². The van der Waals surface area contributed by atoms with E-state index in [4.69, 9.17) is 4.84 Å². The molecule has 0 spiro atoms. The first kappa shape index (κ1) is 16.4. The Morgan fingerprint density at radius 1 is 0.880 bits per heavy atom. The van der Waals surface area contributed by atoms with Crippen LogP contribution >= 0.6 is 0 Å². The van der Waals surface area contributed by atoms with Crippen LogP contribution in [0.15, 0.2) is 65.8 Å². The number of carbonyl (C=O) groups is 3. The molecule has 0 saturated carbocycles. The summed E-state index contributed by atoms with van der Waals surface area (Å²) < 4.78 is 0. The molecule has 126 valence electrons. The molecule has 1 fully saturated rings. The third kappa shape index (κ3) is 3.89. The lowest BCUT2D eigenvalue weighted by atomic mass is 10.0. The second kappa shape index (κ2) is 7.39. The van der Waals surface area contributed by atoms with E-state index >= 15 is 0 Å². The first-order valence-corrected chi connectivity index (χ1v) is 7.67. The first-order chi connectivity index (χ1) is 12.1. The summed E-state index contributed by atoms with van der Waals surface area (Å²) in [5.41, 5.74) is 4.34. The standard InChI is InChI=1S/C18H15N3O4/c22-15-11-12-16(23)21(15)25-18(24)20-19-17(13-7-3-1-4-8-13)14-9-5-2-6-10-14/h1-10H,11-12H2,(H,20,24). The Kier molecular flexibility index (Phi) is 4.84. The van der Waals surface area contributed by atoms with Crippen LogP contribution in [0.2, 0.25) is 0 Å². The van der Waals surface area contributed by atoms with Crippen LogP contribution in [0.25, 0.3) is 0 Å². The Balaban J connectivity index is 1.78. The predicted octanol–water partition coefficient (Wildman–Crippen LogP) is 2.23. The zero-order chi connectivity index (χ0) is 17.6. The van der Waals surface area contributed by atoms with Crippen molar-refractivity contribution in [3.8, 4) is 0 Å². The number of amides is 3. The average molecular weight is 337 g/mol. The minimum atomic E-state index is -1.01. The molecular weight excluding hydrogens is 322 g/mol. The molecule has 7 nitrogen and oxygen atoms in total. The maximum absolute atomic E-state index is 11.9. The molecule has 1 aliphatic rings. The highest BCUT2D eigenvalue weighted by molar-refractivity contribution is 6.13. The van der Waals surface area contributed by atoms with E-state index in [1.807, 2.05) is 60.7 Å². The third-order valence-electron chi connectivity index (χ3n) is 3.53. The highest BCUT2D eigenvalue weighted by Crippen LogP contribution is 2.13. The summed E-state index contributed by atoms with van der Waals surface area (Å²) >= 11 is 0. The Morgan fingerprint density at radius 2 is 1.36 bits per heavy atom. The van der Waals surface area contributed by atoms with Crippen LogP contribution in [0.4, 0.5) is 4.79 Å². The van der Waals surface area contributed by atoms with Crippen molar-refractivity contribution in [3.63, 3.8) is 0 Å². The summed E-state index contributed by atoms with van der Waals surface area (Å²) in [4.78, 5) is 39.5. The zero-order valence-electron chi connectivity index (χ0n) is 13.2. The van der Waals surface area contributed by atoms with Crippen LogP contribution in [0, 0.1) is 0 Å². The van der Waals surface area contributed by atoms with Crippen LogP contribution in [0.5, 0.6) is 0 Å². The Morgan fingerprint density at radius 3 is 1.84 bits per heavy atom. The van der Waals surface area contributed by atoms with Crippen LogP contribution in [0.3, 0.4) is 0 Å². The average Bonchev–Trinajstić information content (AvgIpc) is 2.96. The number of hydrazone groups is 1. The van der Waals surface area contributed by atoms with Gasteiger partial charge in [-0.05, 0) is 0 Å². The highest BCUT2D eigenvalue weighted by atomic mass is 16.7. The smallest absolute Gasteiger partial charge is 0.310 e. The van der Waals surface area contributed by atoms with Crippen LogP contribution in [-0.2, 0) is 14.4 Å². The van der Waals surface area contributed by atoms with Gasteiger partial charge in [-0.2, -0.15) is 5.10 Å². The lowest BCUT2D eigenvalue weighted by molar-refractivity contribution is -0.171. The van der Waals surface area contributed by atoms with E-state index in [2.05, 4.69) is 10.5 Å². The summed E-state index contributed by atoms with van der Waals surface area (Å²) in [6, 6.07) is 18.6. The molecule has 0 unspecified atom stereocenters. The van der Waals surface area contributed by atoms with E-state index in [9.17, 15) is 14.4 Å². The fourth-order valence-electron chi connectivity index (χ4n) is 2.35. The number of hydrogen-bond acceptors (Lipinski definition) is 5. The Bertz CT molecular complexity index is 761. The lowest BCUT2D eigenvalue weighted by Gasteiger charge is -2.12. The van der Waals surface area contributed by atoms with Crippen molar-refractivity contribution in [3.05, 3.63) is 71.8 Å². The van der Waals surface area contributed by atoms with Crippen molar-refractivity contribution < 1.29 is 19.2 Å². The molecule has 3 rings (SSSR count). The number of benzene rings is 2. The number of nitrogens with zero attached hydrogens (tertiary/aromatic N) is 2. The largest absolute Gasteiger partial charge is 0.452 e. The van der Waals surface area contributed by atoms with Crippen molar-refractivity contribution in [2.75, 3.05) is 0 Å². The van der Waals surface area contributed by atoms with Crippen molar-refractivity contribution >= 4 is 23.6 Å². The van der Waals surface area contributed by atoms with E-state index in [0.29, 0.717) is 10.8 Å². The first-order valence-electron chi connectivity index (χ1n) is 7.67. The summed E-state index contributed by atoms with van der Waals surface area (Å²) in [5.74, 6) is -1.09. The molecule has 2 aromatic rings. The molecule has 3 amide bonds. The minimum absolute atomic E-state index is 0.0364. The summed E-state index contributed by atoms with van der Waals surface area (Å²) in [6.07, 6.45) is -0.934. The number of carbonyl (C=O) groups excluding carboxylic acids is 3. The number of imide groups is 1. The number of hydroxylamine groups is 2. The SMILES string of the molecule is O=C(NN=C(c1ccccc1)c1ccccc1)ON1C(=O)CCC1=O. The molecule has 2 aromatic carbocycles. The molecule has 25 heavy (non-hydrogen) atoms. The fraction of sp³-hybridized carbons (Fsp3) is 0.111. The van der Waals surface area contributed by atoms with E-state index in [1.165, 1.54) is 0 Å². The van der Waals surface area contributed by atoms with Gasteiger partial charge in [0.25, 0.3) is 11.8 Å². The van der Waals surface area contributed by atoms with Crippen LogP contribution in [-0.4, -0.2) is 28.7 Å². The van der Waals surface area contributed by atoms with Gasteiger partial charge in [0.2, 0.25) is 0 Å². The van der Waals surface area contributed by atoms with Gasteiger partial charge < -0.3 is 4.84 Å². The monoisotopic (exact) mass is 337 g/mol. The van der Waals surface area contributed by atoms with Gasteiger partial charge in [0.05, 0.1) is 5.71 Å². The van der Waals surface area contributed by atoms with Gasteiger partial charge in [-0.25, -0.2) is 10.2 Å². The van der Waals surface area contributed by atoms with Crippen molar-refractivity contribution in [2.45, 2.75) is 12.8 Å². The minimum Gasteiger partial charge on any atom is -0.310 e. The normalized spacial score (nSPS) is 13.5. The second-order valence-electron chi connectivity index (χ2n) is 5.26. The van der Waals surface area contributed by atoms with Crippen LogP contribution in [0.1, 0.15) is 24.0 Å². The molecule has 0 bridgehead atoms. The molecule has 0 aromatic heterocycles. The number of hydrogen-bond donors (Lipinski definition) is 1. The second-order valence-corrected chi connectivity index (χ2v) is 5.26. The van der Waals surface area contributed by atoms with E-state index in [1.54, 1.807) is 0 Å². The molecule has 1 saturated heterocycles. The molecule has 0 radical (unpaired) electrons.